The first-order valence-corrected chi connectivity index (χ1v) is 4.14. The van der Waals surface area contributed by atoms with Crippen molar-refractivity contribution >= 4 is 6.08 Å². The molecule has 1 aliphatic rings. The van der Waals surface area contributed by atoms with Crippen molar-refractivity contribution in [1.29, 1.82) is 0 Å². The topological polar surface area (TPSA) is 9.23 Å². The van der Waals surface area contributed by atoms with Gasteiger partial charge in [0.1, 0.15) is 0 Å². The summed E-state index contributed by atoms with van der Waals surface area (Å²) in [4.78, 5) is 0. The Morgan fingerprint density at radius 1 is 1.58 bits per heavy atom. The molecular weight excluding hydrogens is 148 g/mol. The predicted octanol–water partition coefficient (Wildman–Crippen LogP) is 2.57. The molecule has 1 aromatic carbocycles. The van der Waals surface area contributed by atoms with Gasteiger partial charge < -0.3 is 4.74 Å². The van der Waals surface area contributed by atoms with Crippen LogP contribution in [0.2, 0.25) is 0 Å². The Kier molecular flexibility index (Phi) is 1.74. The number of hydrogen-bond acceptors (Lipinski definition) is 1. The van der Waals surface area contributed by atoms with Crippen molar-refractivity contribution in [3.63, 3.8) is 0 Å². The SMILES string of the molecule is C=Cc1cccc2c1C(OC)C2. The first kappa shape index (κ1) is 7.56. The minimum Gasteiger partial charge on any atom is -0.376 e. The second-order valence-electron chi connectivity index (χ2n) is 3.05. The van der Waals surface area contributed by atoms with E-state index in [1.54, 1.807) is 7.11 Å². The van der Waals surface area contributed by atoms with Gasteiger partial charge in [-0.1, -0.05) is 30.9 Å². The predicted molar refractivity (Wildman–Crippen MR) is 50.0 cm³/mol. The van der Waals surface area contributed by atoms with Gasteiger partial charge in [0.15, 0.2) is 0 Å². The molecule has 1 heteroatoms. The van der Waals surface area contributed by atoms with Crippen LogP contribution in [0.4, 0.5) is 0 Å². The number of fused-ring (bicyclic) bond motifs is 1. The van der Waals surface area contributed by atoms with Crippen LogP contribution in [0.25, 0.3) is 6.08 Å². The highest BCUT2D eigenvalue weighted by molar-refractivity contribution is 5.58. The van der Waals surface area contributed by atoms with E-state index in [0.29, 0.717) is 6.10 Å². The molecule has 0 N–H and O–H groups in total. The summed E-state index contributed by atoms with van der Waals surface area (Å²) in [7, 11) is 1.76. The summed E-state index contributed by atoms with van der Waals surface area (Å²) in [5.74, 6) is 0. The van der Waals surface area contributed by atoms with Crippen molar-refractivity contribution < 1.29 is 4.74 Å². The zero-order valence-corrected chi connectivity index (χ0v) is 7.21. The maximum Gasteiger partial charge on any atom is 0.0870 e. The van der Waals surface area contributed by atoms with Gasteiger partial charge in [-0.2, -0.15) is 0 Å². The molecule has 1 aromatic rings. The molecule has 0 aromatic heterocycles. The van der Waals surface area contributed by atoms with Gasteiger partial charge in [0, 0.05) is 13.5 Å². The van der Waals surface area contributed by atoms with Gasteiger partial charge in [-0.25, -0.2) is 0 Å². The number of benzene rings is 1. The number of rotatable bonds is 2. The van der Waals surface area contributed by atoms with Crippen molar-refractivity contribution in [2.75, 3.05) is 7.11 Å². The fourth-order valence-electron chi connectivity index (χ4n) is 1.75. The Bertz CT molecular complexity index is 315. The third-order valence-corrected chi connectivity index (χ3v) is 2.46. The van der Waals surface area contributed by atoms with Crippen LogP contribution in [0.1, 0.15) is 22.8 Å². The van der Waals surface area contributed by atoms with Gasteiger partial charge in [-0.15, -0.1) is 0 Å². The first-order chi connectivity index (χ1) is 5.86. The Hall–Kier alpha value is -1.08. The van der Waals surface area contributed by atoms with Crippen LogP contribution in [0.15, 0.2) is 24.8 Å². The maximum atomic E-state index is 5.31. The molecule has 0 heterocycles. The van der Waals surface area contributed by atoms with Gasteiger partial charge in [-0.05, 0) is 16.7 Å². The molecule has 0 radical (unpaired) electrons. The van der Waals surface area contributed by atoms with E-state index in [1.165, 1.54) is 16.7 Å². The van der Waals surface area contributed by atoms with E-state index >= 15 is 0 Å². The van der Waals surface area contributed by atoms with Crippen molar-refractivity contribution in [1.82, 2.24) is 0 Å². The Labute approximate surface area is 72.7 Å². The normalized spacial score (nSPS) is 19.6. The lowest BCUT2D eigenvalue weighted by Gasteiger charge is -2.30. The minimum atomic E-state index is 0.300. The van der Waals surface area contributed by atoms with Crippen LogP contribution in [0.5, 0.6) is 0 Å². The van der Waals surface area contributed by atoms with Crippen LogP contribution in [0.3, 0.4) is 0 Å². The summed E-state index contributed by atoms with van der Waals surface area (Å²) in [6, 6.07) is 6.30. The number of hydrogen-bond donors (Lipinski definition) is 0. The molecule has 1 atom stereocenters. The average Bonchev–Trinajstić information content (AvgIpc) is 2.07. The monoisotopic (exact) mass is 160 g/mol. The molecule has 62 valence electrons. The second-order valence-corrected chi connectivity index (χ2v) is 3.05. The average molecular weight is 160 g/mol. The highest BCUT2D eigenvalue weighted by Crippen LogP contribution is 2.38. The number of methoxy groups -OCH3 is 1. The van der Waals surface area contributed by atoms with E-state index in [4.69, 9.17) is 4.74 Å². The Balaban J connectivity index is 2.46. The van der Waals surface area contributed by atoms with Crippen LogP contribution >= 0.6 is 0 Å². The summed E-state index contributed by atoms with van der Waals surface area (Å²) in [6.07, 6.45) is 3.24. The molecule has 1 aliphatic carbocycles. The van der Waals surface area contributed by atoms with E-state index < -0.39 is 0 Å². The van der Waals surface area contributed by atoms with Gasteiger partial charge in [0.05, 0.1) is 6.10 Å². The Morgan fingerprint density at radius 2 is 2.42 bits per heavy atom. The molecule has 0 saturated heterocycles. The lowest BCUT2D eigenvalue weighted by Crippen LogP contribution is -2.19. The summed E-state index contributed by atoms with van der Waals surface area (Å²) in [6.45, 7) is 3.78. The maximum absolute atomic E-state index is 5.31. The molecule has 0 saturated carbocycles. The molecule has 1 unspecified atom stereocenters. The molecular formula is C11H12O. The molecule has 1 nitrogen and oxygen atoms in total. The van der Waals surface area contributed by atoms with E-state index in [9.17, 15) is 0 Å². The number of ether oxygens (including phenoxy) is 1. The smallest absolute Gasteiger partial charge is 0.0870 e. The third kappa shape index (κ3) is 0.901. The van der Waals surface area contributed by atoms with Crippen LogP contribution in [0, 0.1) is 0 Å². The van der Waals surface area contributed by atoms with Crippen molar-refractivity contribution in [2.24, 2.45) is 0 Å². The minimum absolute atomic E-state index is 0.300. The summed E-state index contributed by atoms with van der Waals surface area (Å²) in [5, 5.41) is 0. The summed E-state index contributed by atoms with van der Waals surface area (Å²) < 4.78 is 5.31. The van der Waals surface area contributed by atoms with Gasteiger partial charge >= 0.3 is 0 Å². The van der Waals surface area contributed by atoms with Crippen LogP contribution in [-0.2, 0) is 11.2 Å². The van der Waals surface area contributed by atoms with E-state index in [0.717, 1.165) is 6.42 Å². The molecule has 0 fully saturated rings. The lowest BCUT2D eigenvalue weighted by molar-refractivity contribution is 0.0843. The fourth-order valence-corrected chi connectivity index (χ4v) is 1.75. The second kappa shape index (κ2) is 2.76. The van der Waals surface area contributed by atoms with E-state index in [-0.39, 0.29) is 0 Å². The van der Waals surface area contributed by atoms with E-state index in [1.807, 2.05) is 6.08 Å². The quantitative estimate of drug-likeness (QED) is 0.646. The highest BCUT2D eigenvalue weighted by Gasteiger charge is 2.27. The van der Waals surface area contributed by atoms with Gasteiger partial charge in [0.2, 0.25) is 0 Å². The Morgan fingerprint density at radius 3 is 3.08 bits per heavy atom. The van der Waals surface area contributed by atoms with Crippen molar-refractivity contribution in [2.45, 2.75) is 12.5 Å². The molecule has 0 spiro atoms. The molecule has 0 aliphatic heterocycles. The molecule has 12 heavy (non-hydrogen) atoms. The first-order valence-electron chi connectivity index (χ1n) is 4.14. The largest absolute Gasteiger partial charge is 0.376 e. The molecule has 0 amide bonds. The zero-order chi connectivity index (χ0) is 8.55. The van der Waals surface area contributed by atoms with Gasteiger partial charge in [-0.3, -0.25) is 0 Å². The molecule has 0 bridgehead atoms. The molecule has 2 rings (SSSR count). The fraction of sp³-hybridized carbons (Fsp3) is 0.273. The van der Waals surface area contributed by atoms with Crippen molar-refractivity contribution in [3.8, 4) is 0 Å². The van der Waals surface area contributed by atoms with E-state index in [2.05, 4.69) is 24.8 Å². The summed E-state index contributed by atoms with van der Waals surface area (Å²) in [5.41, 5.74) is 3.94. The zero-order valence-electron chi connectivity index (χ0n) is 7.21. The lowest BCUT2D eigenvalue weighted by atomic mass is 9.82. The van der Waals surface area contributed by atoms with Crippen LogP contribution in [-0.4, -0.2) is 7.11 Å². The van der Waals surface area contributed by atoms with Crippen LogP contribution < -0.4 is 0 Å². The van der Waals surface area contributed by atoms with Crippen molar-refractivity contribution in [3.05, 3.63) is 41.5 Å². The van der Waals surface area contributed by atoms with Gasteiger partial charge in [0.25, 0.3) is 0 Å². The summed E-state index contributed by atoms with van der Waals surface area (Å²) >= 11 is 0. The highest BCUT2D eigenvalue weighted by atomic mass is 16.5. The standard InChI is InChI=1S/C11H12O/c1-3-8-5-4-6-9-7-10(12-2)11(8)9/h3-6,10H,1,7H2,2H3. The third-order valence-electron chi connectivity index (χ3n) is 2.46.